The van der Waals surface area contributed by atoms with E-state index in [1.165, 1.54) is 24.5 Å². The number of aromatic nitrogens is 4. The molecule has 0 spiro atoms. The molecule has 10 heteroatoms. The molecule has 0 amide bonds. The van der Waals surface area contributed by atoms with Gasteiger partial charge in [-0.05, 0) is 30.5 Å². The topological polar surface area (TPSA) is 76.7 Å². The van der Waals surface area contributed by atoms with Crippen molar-refractivity contribution in [2.45, 2.75) is 38.4 Å². The molecule has 2 heterocycles. The maximum atomic E-state index is 13.4. The normalized spacial score (nSPS) is 14.8. The smallest absolute Gasteiger partial charge is 0.413 e. The van der Waals surface area contributed by atoms with Crippen molar-refractivity contribution in [2.24, 2.45) is 0 Å². The van der Waals surface area contributed by atoms with Crippen LogP contribution in [0, 0.1) is 5.82 Å². The molecule has 6 nitrogen and oxygen atoms in total. The molecule has 3 aromatic rings. The Morgan fingerprint density at radius 1 is 1.07 bits per heavy atom. The van der Waals surface area contributed by atoms with Crippen LogP contribution in [0.5, 0.6) is 0 Å². The molecule has 4 rings (SSSR count). The summed E-state index contributed by atoms with van der Waals surface area (Å²) in [5.41, 5.74) is 0.517. The van der Waals surface area contributed by atoms with E-state index < -0.39 is 17.6 Å². The minimum Gasteiger partial charge on any atom is -0.413 e. The van der Waals surface area contributed by atoms with Crippen LogP contribution >= 0.6 is 0 Å². The number of anilines is 1. The lowest BCUT2D eigenvalue weighted by atomic mass is 10.1. The summed E-state index contributed by atoms with van der Waals surface area (Å²) >= 11 is 0. The minimum absolute atomic E-state index is 0.161. The highest BCUT2D eigenvalue weighted by Gasteiger charge is 2.45. The molecule has 0 unspecified atom stereocenters. The number of nitrogens with one attached hydrogen (secondary N) is 1. The zero-order valence-corrected chi connectivity index (χ0v) is 15.1. The van der Waals surface area contributed by atoms with Crippen molar-refractivity contribution in [1.29, 1.82) is 0 Å². The highest BCUT2D eigenvalue weighted by atomic mass is 19.4. The second kappa shape index (κ2) is 7.53. The van der Waals surface area contributed by atoms with Crippen LogP contribution in [0.1, 0.15) is 38.1 Å². The third-order valence-electron chi connectivity index (χ3n) is 4.04. The molecule has 1 aromatic carbocycles. The molecule has 0 radical (unpaired) electrons. The quantitative estimate of drug-likeness (QED) is 0.639. The first-order chi connectivity index (χ1) is 13.4. The van der Waals surface area contributed by atoms with Gasteiger partial charge >= 0.3 is 12.1 Å². The van der Waals surface area contributed by atoms with E-state index in [0.29, 0.717) is 0 Å². The second-order valence-electron chi connectivity index (χ2n) is 5.92. The van der Waals surface area contributed by atoms with Gasteiger partial charge in [0, 0.05) is 12.4 Å². The zero-order chi connectivity index (χ0) is 20.4. The average molecular weight is 395 g/mol. The minimum atomic E-state index is -4.71. The highest BCUT2D eigenvalue weighted by Crippen LogP contribution is 2.47. The van der Waals surface area contributed by atoms with E-state index >= 15 is 0 Å². The Morgan fingerprint density at radius 3 is 2.29 bits per heavy atom. The second-order valence-corrected chi connectivity index (χ2v) is 5.92. The fourth-order valence-electron chi connectivity index (χ4n) is 2.57. The van der Waals surface area contributed by atoms with E-state index in [1.54, 1.807) is 6.07 Å². The first-order valence-electron chi connectivity index (χ1n) is 8.63. The summed E-state index contributed by atoms with van der Waals surface area (Å²) < 4.78 is 55.5. The molecule has 0 atom stereocenters. The van der Waals surface area contributed by atoms with Crippen molar-refractivity contribution in [3.8, 4) is 11.5 Å². The fourth-order valence-corrected chi connectivity index (χ4v) is 2.57. The lowest BCUT2D eigenvalue weighted by Crippen LogP contribution is -2.20. The number of hydrogen-bond donors (Lipinski definition) is 1. The molecule has 0 aliphatic heterocycles. The Bertz CT molecular complexity index is 936. The Hall–Kier alpha value is -3.04. The fraction of sp³-hybridized carbons (Fsp3) is 0.333. The third-order valence-corrected chi connectivity index (χ3v) is 4.04. The van der Waals surface area contributed by atoms with Crippen LogP contribution in [-0.4, -0.2) is 20.2 Å². The summed E-state index contributed by atoms with van der Waals surface area (Å²) in [7, 11) is 0. The predicted octanol–water partition coefficient (Wildman–Crippen LogP) is 4.81. The third kappa shape index (κ3) is 4.10. The van der Waals surface area contributed by atoms with Crippen molar-refractivity contribution < 1.29 is 22.0 Å². The van der Waals surface area contributed by atoms with Gasteiger partial charge in [-0.1, -0.05) is 26.0 Å². The summed E-state index contributed by atoms with van der Waals surface area (Å²) in [6.45, 7) is 4.00. The molecular formula is C18H17F4N5O. The average Bonchev–Trinajstić information content (AvgIpc) is 3.27. The molecule has 1 fully saturated rings. The lowest BCUT2D eigenvalue weighted by molar-refractivity contribution is -0.156. The van der Waals surface area contributed by atoms with Crippen molar-refractivity contribution in [3.63, 3.8) is 0 Å². The maximum Gasteiger partial charge on any atom is 0.470 e. The summed E-state index contributed by atoms with van der Waals surface area (Å²) in [6.07, 6.45) is -0.563. The van der Waals surface area contributed by atoms with Crippen LogP contribution < -0.4 is 5.32 Å². The molecule has 0 saturated heterocycles. The van der Waals surface area contributed by atoms with Crippen molar-refractivity contribution in [3.05, 3.63) is 53.9 Å². The Labute approximate surface area is 158 Å². The van der Waals surface area contributed by atoms with E-state index in [2.05, 4.69) is 29.9 Å². The Morgan fingerprint density at radius 2 is 1.75 bits per heavy atom. The lowest BCUT2D eigenvalue weighted by Gasteiger charge is -2.17. The van der Waals surface area contributed by atoms with Crippen LogP contribution in [0.3, 0.4) is 0 Å². The van der Waals surface area contributed by atoms with Gasteiger partial charge in [0.15, 0.2) is 0 Å². The predicted molar refractivity (Wildman–Crippen MR) is 92.6 cm³/mol. The monoisotopic (exact) mass is 395 g/mol. The van der Waals surface area contributed by atoms with Gasteiger partial charge in [-0.15, -0.1) is 10.2 Å². The van der Waals surface area contributed by atoms with Crippen molar-refractivity contribution >= 4 is 5.95 Å². The van der Waals surface area contributed by atoms with E-state index in [9.17, 15) is 17.6 Å². The van der Waals surface area contributed by atoms with Crippen molar-refractivity contribution in [1.82, 2.24) is 20.2 Å². The SMILES string of the molecule is CC.Fc1cccc(C2(Nc3ncc(-c4nnc(C(F)(F)F)o4)cn3)CC2)c1. The van der Waals surface area contributed by atoms with E-state index in [0.717, 1.165) is 18.4 Å². The van der Waals surface area contributed by atoms with Crippen LogP contribution in [0.15, 0.2) is 41.1 Å². The number of alkyl halides is 3. The molecule has 1 N–H and O–H groups in total. The summed E-state index contributed by atoms with van der Waals surface area (Å²) in [4.78, 5) is 8.15. The Kier molecular flexibility index (Phi) is 5.30. The van der Waals surface area contributed by atoms with Gasteiger partial charge in [0.25, 0.3) is 5.89 Å². The number of benzene rings is 1. The highest BCUT2D eigenvalue weighted by molar-refractivity contribution is 5.51. The van der Waals surface area contributed by atoms with Gasteiger partial charge in [-0.25, -0.2) is 14.4 Å². The molecule has 0 bridgehead atoms. The van der Waals surface area contributed by atoms with Gasteiger partial charge < -0.3 is 9.73 Å². The summed E-state index contributed by atoms with van der Waals surface area (Å²) in [5, 5.41) is 9.45. The molecule has 2 aromatic heterocycles. The molecule has 1 aliphatic carbocycles. The van der Waals surface area contributed by atoms with Crippen LogP contribution in [0.25, 0.3) is 11.5 Å². The summed E-state index contributed by atoms with van der Waals surface area (Å²) in [5.74, 6) is -1.82. The molecule has 1 aliphatic rings. The molecule has 28 heavy (non-hydrogen) atoms. The van der Waals surface area contributed by atoms with E-state index in [-0.39, 0.29) is 23.2 Å². The Balaban J connectivity index is 0.00000109. The van der Waals surface area contributed by atoms with Gasteiger partial charge in [0.05, 0.1) is 11.1 Å². The maximum absolute atomic E-state index is 13.4. The number of nitrogens with zero attached hydrogens (tertiary/aromatic N) is 4. The van der Waals surface area contributed by atoms with E-state index in [1.807, 2.05) is 19.9 Å². The van der Waals surface area contributed by atoms with Crippen molar-refractivity contribution in [2.75, 3.05) is 5.32 Å². The summed E-state index contributed by atoms with van der Waals surface area (Å²) in [6, 6.07) is 6.26. The molecular weight excluding hydrogens is 378 g/mol. The molecule has 148 valence electrons. The van der Waals surface area contributed by atoms with E-state index in [4.69, 9.17) is 0 Å². The van der Waals surface area contributed by atoms with Gasteiger partial charge in [-0.2, -0.15) is 13.2 Å². The number of rotatable bonds is 4. The number of hydrogen-bond acceptors (Lipinski definition) is 6. The largest absolute Gasteiger partial charge is 0.470 e. The molecule has 1 saturated carbocycles. The standard InChI is InChI=1S/C16H11F4N5O.C2H6/c17-11-3-1-2-10(6-11)15(4-5-15)23-14-21-7-9(8-22-14)12-24-25-13(26-12)16(18,19)20;1-2/h1-3,6-8H,4-5H2,(H,21,22,23);1-2H3. The van der Waals surface area contributed by atoms with Crippen LogP contribution in [0.4, 0.5) is 23.5 Å². The zero-order valence-electron chi connectivity index (χ0n) is 15.1. The van der Waals surface area contributed by atoms with Crippen LogP contribution in [-0.2, 0) is 11.7 Å². The van der Waals surface area contributed by atoms with Gasteiger partial charge in [-0.3, -0.25) is 0 Å². The first kappa shape index (κ1) is 19.7. The first-order valence-corrected chi connectivity index (χ1v) is 8.63. The van der Waals surface area contributed by atoms with Crippen LogP contribution in [0.2, 0.25) is 0 Å². The van der Waals surface area contributed by atoms with Gasteiger partial charge in [0.1, 0.15) is 5.82 Å². The van der Waals surface area contributed by atoms with Gasteiger partial charge in [0.2, 0.25) is 5.95 Å². The number of halogens is 4.